The number of nitrogens with one attached hydrogen (secondary N) is 2. The molecule has 1 aliphatic carbocycles. The monoisotopic (exact) mass is 424 g/mol. The lowest BCUT2D eigenvalue weighted by Gasteiger charge is -2.20. The second kappa shape index (κ2) is 10.6. The van der Waals surface area contributed by atoms with E-state index in [0.29, 0.717) is 5.69 Å². The number of aryl methyl sites for hydroxylation is 2. The molecule has 0 aliphatic heterocycles. The molecule has 2 aromatic carbocycles. The minimum Gasteiger partial charge on any atom is -0.454 e. The van der Waals surface area contributed by atoms with Crippen molar-refractivity contribution in [3.63, 3.8) is 0 Å². The Labute approximate surface area is 182 Å². The summed E-state index contributed by atoms with van der Waals surface area (Å²) in [4.78, 5) is 36.7. The minimum absolute atomic E-state index is 0.0930. The van der Waals surface area contributed by atoms with E-state index in [1.165, 1.54) is 11.1 Å². The van der Waals surface area contributed by atoms with E-state index in [1.807, 2.05) is 48.5 Å². The summed E-state index contributed by atoms with van der Waals surface area (Å²) in [6, 6.07) is 14.1. The third-order valence-corrected chi connectivity index (χ3v) is 5.13. The Morgan fingerprint density at radius 2 is 1.71 bits per heavy atom. The maximum atomic E-state index is 12.4. The molecule has 0 saturated carbocycles. The molecule has 0 saturated heterocycles. The van der Waals surface area contributed by atoms with Crippen LogP contribution in [0.4, 0.5) is 10.5 Å². The number of benzene rings is 2. The van der Waals surface area contributed by atoms with E-state index in [0.717, 1.165) is 24.8 Å². The number of amides is 2. The van der Waals surface area contributed by atoms with Crippen LogP contribution in [0.25, 0.3) is 0 Å². The lowest BCUT2D eigenvalue weighted by Crippen LogP contribution is -2.46. The molecular weight excluding hydrogens is 396 g/mol. The van der Waals surface area contributed by atoms with Crippen molar-refractivity contribution < 1.29 is 23.9 Å². The summed E-state index contributed by atoms with van der Waals surface area (Å²) < 4.78 is 10.3. The van der Waals surface area contributed by atoms with Gasteiger partial charge >= 0.3 is 12.1 Å². The average molecular weight is 424 g/mol. The third kappa shape index (κ3) is 6.57. The highest BCUT2D eigenvalue weighted by atomic mass is 16.6. The van der Waals surface area contributed by atoms with Gasteiger partial charge in [0.25, 0.3) is 5.91 Å². The van der Waals surface area contributed by atoms with Gasteiger partial charge in [-0.15, -0.1) is 0 Å². The summed E-state index contributed by atoms with van der Waals surface area (Å²) in [6.45, 7) is 3.21. The van der Waals surface area contributed by atoms with Crippen molar-refractivity contribution in [3.8, 4) is 0 Å². The molecule has 0 aromatic heterocycles. The average Bonchev–Trinajstić information content (AvgIpc) is 3.23. The molecule has 164 valence electrons. The quantitative estimate of drug-likeness (QED) is 0.632. The first-order valence-electron chi connectivity index (χ1n) is 10.5. The first kappa shape index (κ1) is 22.3. The van der Waals surface area contributed by atoms with Gasteiger partial charge in [0.2, 0.25) is 0 Å². The molecule has 2 N–H and O–H groups in total. The van der Waals surface area contributed by atoms with Crippen LogP contribution in [-0.2, 0) is 38.5 Å². The zero-order chi connectivity index (χ0) is 22.2. The van der Waals surface area contributed by atoms with Crippen molar-refractivity contribution in [3.05, 3.63) is 65.2 Å². The molecule has 3 rings (SSSR count). The van der Waals surface area contributed by atoms with Crippen LogP contribution in [0.15, 0.2) is 48.5 Å². The molecule has 2 amide bonds. The van der Waals surface area contributed by atoms with Gasteiger partial charge in [-0.3, -0.25) is 4.79 Å². The fourth-order valence-electron chi connectivity index (χ4n) is 3.46. The molecule has 0 heterocycles. The van der Waals surface area contributed by atoms with Gasteiger partial charge in [0.1, 0.15) is 12.6 Å². The first-order chi connectivity index (χ1) is 14.9. The fraction of sp³-hybridized carbons (Fsp3) is 0.375. The van der Waals surface area contributed by atoms with Gasteiger partial charge in [0, 0.05) is 5.69 Å². The predicted molar refractivity (Wildman–Crippen MR) is 116 cm³/mol. The molecule has 1 atom stereocenters. The highest BCUT2D eigenvalue weighted by Gasteiger charge is 2.27. The van der Waals surface area contributed by atoms with Gasteiger partial charge in [0.15, 0.2) is 6.61 Å². The van der Waals surface area contributed by atoms with Gasteiger partial charge in [-0.05, 0) is 54.0 Å². The van der Waals surface area contributed by atoms with Crippen LogP contribution < -0.4 is 10.6 Å². The summed E-state index contributed by atoms with van der Waals surface area (Å²) >= 11 is 0. The Morgan fingerprint density at radius 3 is 2.45 bits per heavy atom. The molecule has 0 bridgehead atoms. The van der Waals surface area contributed by atoms with E-state index in [-0.39, 0.29) is 12.5 Å². The number of carbonyl (C=O) groups excluding carboxylic acids is 3. The van der Waals surface area contributed by atoms with E-state index >= 15 is 0 Å². The predicted octanol–water partition coefficient (Wildman–Crippen LogP) is 3.61. The first-order valence-corrected chi connectivity index (χ1v) is 10.5. The van der Waals surface area contributed by atoms with E-state index < -0.39 is 30.6 Å². The van der Waals surface area contributed by atoms with E-state index in [9.17, 15) is 14.4 Å². The number of hydrogen-bond donors (Lipinski definition) is 2. The Kier molecular flexibility index (Phi) is 7.65. The molecule has 1 aliphatic rings. The van der Waals surface area contributed by atoms with Crippen molar-refractivity contribution in [2.45, 2.75) is 45.8 Å². The van der Waals surface area contributed by atoms with Crippen LogP contribution in [0.5, 0.6) is 0 Å². The maximum Gasteiger partial charge on any atom is 0.408 e. The largest absolute Gasteiger partial charge is 0.454 e. The molecule has 0 radical (unpaired) electrons. The van der Waals surface area contributed by atoms with Crippen molar-refractivity contribution >= 4 is 23.7 Å². The Morgan fingerprint density at radius 1 is 0.968 bits per heavy atom. The normalized spacial score (nSPS) is 13.3. The molecule has 31 heavy (non-hydrogen) atoms. The van der Waals surface area contributed by atoms with Crippen LogP contribution in [0.3, 0.4) is 0 Å². The number of esters is 1. The lowest BCUT2D eigenvalue weighted by molar-refractivity contribution is -0.150. The summed E-state index contributed by atoms with van der Waals surface area (Å²) in [5, 5.41) is 5.27. The van der Waals surface area contributed by atoms with Crippen molar-refractivity contribution in [2.75, 3.05) is 11.9 Å². The number of hydrogen-bond acceptors (Lipinski definition) is 5. The van der Waals surface area contributed by atoms with Crippen LogP contribution in [0.2, 0.25) is 0 Å². The maximum absolute atomic E-state index is 12.4. The van der Waals surface area contributed by atoms with Gasteiger partial charge in [-0.2, -0.15) is 0 Å². The summed E-state index contributed by atoms with van der Waals surface area (Å²) in [7, 11) is 0. The molecule has 2 aromatic rings. The second-order valence-electron chi connectivity index (χ2n) is 7.92. The summed E-state index contributed by atoms with van der Waals surface area (Å²) in [5.74, 6) is -1.35. The molecule has 7 nitrogen and oxygen atoms in total. The van der Waals surface area contributed by atoms with Crippen molar-refractivity contribution in [1.82, 2.24) is 5.32 Å². The highest BCUT2D eigenvalue weighted by molar-refractivity contribution is 5.93. The van der Waals surface area contributed by atoms with E-state index in [1.54, 1.807) is 13.8 Å². The summed E-state index contributed by atoms with van der Waals surface area (Å²) in [6.07, 6.45) is 2.48. The SMILES string of the molecule is CC(C)[C@H](NC(=O)OCc1ccccc1)C(=O)OCC(=O)Nc1ccc2c(c1)CCC2. The molecule has 7 heteroatoms. The van der Waals surface area contributed by atoms with E-state index in [4.69, 9.17) is 9.47 Å². The number of fused-ring (bicyclic) bond motifs is 1. The molecule has 0 spiro atoms. The van der Waals surface area contributed by atoms with E-state index in [2.05, 4.69) is 10.6 Å². The number of rotatable bonds is 8. The lowest BCUT2D eigenvalue weighted by atomic mass is 10.1. The third-order valence-electron chi connectivity index (χ3n) is 5.13. The van der Waals surface area contributed by atoms with Gasteiger partial charge in [-0.25, -0.2) is 9.59 Å². The number of alkyl carbamates (subject to hydrolysis) is 1. The van der Waals surface area contributed by atoms with Gasteiger partial charge in [-0.1, -0.05) is 50.2 Å². The second-order valence-corrected chi connectivity index (χ2v) is 7.92. The van der Waals surface area contributed by atoms with Gasteiger partial charge < -0.3 is 20.1 Å². The van der Waals surface area contributed by atoms with Crippen molar-refractivity contribution in [1.29, 1.82) is 0 Å². The molecule has 0 fully saturated rings. The zero-order valence-electron chi connectivity index (χ0n) is 17.9. The van der Waals surface area contributed by atoms with Crippen molar-refractivity contribution in [2.24, 2.45) is 5.92 Å². The topological polar surface area (TPSA) is 93.7 Å². The molecular formula is C24H28N2O5. The van der Waals surface area contributed by atoms with Crippen LogP contribution >= 0.6 is 0 Å². The Bertz CT molecular complexity index is 927. The van der Waals surface area contributed by atoms with Gasteiger partial charge in [0.05, 0.1) is 0 Å². The van der Waals surface area contributed by atoms with Crippen LogP contribution in [0.1, 0.15) is 37.0 Å². The fourth-order valence-corrected chi connectivity index (χ4v) is 3.46. The number of carbonyl (C=O) groups is 3. The van der Waals surface area contributed by atoms with Crippen LogP contribution in [-0.4, -0.2) is 30.6 Å². The minimum atomic E-state index is -0.920. The summed E-state index contributed by atoms with van der Waals surface area (Å²) in [5.41, 5.74) is 4.08. The number of anilines is 1. The Hall–Kier alpha value is -3.35. The smallest absolute Gasteiger partial charge is 0.408 e. The highest BCUT2D eigenvalue weighted by Crippen LogP contribution is 2.24. The standard InChI is InChI=1S/C24H28N2O5/c1-16(2)22(26-24(29)31-14-17-7-4-3-5-8-17)23(28)30-15-21(27)25-20-12-11-18-9-6-10-19(18)13-20/h3-5,7-8,11-13,16,22H,6,9-10,14-15H2,1-2H3,(H,25,27)(H,26,29)/t22-/m0/s1. The van der Waals surface area contributed by atoms with Crippen LogP contribution in [0, 0.1) is 5.92 Å². The Balaban J connectivity index is 1.46. The molecule has 0 unspecified atom stereocenters. The zero-order valence-corrected chi connectivity index (χ0v) is 17.9. The number of ether oxygens (including phenoxy) is 2.